The van der Waals surface area contributed by atoms with Gasteiger partial charge in [0.15, 0.2) is 0 Å². The summed E-state index contributed by atoms with van der Waals surface area (Å²) < 4.78 is 15.3. The Morgan fingerprint density at radius 2 is 1.66 bits per heavy atom. The van der Waals surface area contributed by atoms with Gasteiger partial charge in [-0.2, -0.15) is 5.10 Å². The Kier molecular flexibility index (Phi) is 5.47. The van der Waals surface area contributed by atoms with Gasteiger partial charge < -0.3 is 5.32 Å². The van der Waals surface area contributed by atoms with Crippen molar-refractivity contribution in [2.75, 3.05) is 0 Å². The van der Waals surface area contributed by atoms with Gasteiger partial charge in [-0.05, 0) is 23.8 Å². The first-order valence-corrected chi connectivity index (χ1v) is 9.38. The minimum atomic E-state index is -0.432. The average molecular weight is 385 g/mol. The smallest absolute Gasteiger partial charge is 0.251 e. The number of hydrogen-bond acceptors (Lipinski definition) is 2. The van der Waals surface area contributed by atoms with Crippen LogP contribution in [-0.2, 0) is 13.1 Å². The van der Waals surface area contributed by atoms with Crippen LogP contribution in [0.15, 0.2) is 91.1 Å². The molecule has 144 valence electrons. The summed E-state index contributed by atoms with van der Waals surface area (Å²) >= 11 is 0. The zero-order chi connectivity index (χ0) is 20.1. The average Bonchev–Trinajstić information content (AvgIpc) is 3.16. The van der Waals surface area contributed by atoms with Gasteiger partial charge in [-0.3, -0.25) is 9.48 Å². The number of amides is 1. The van der Waals surface area contributed by atoms with E-state index in [2.05, 4.69) is 17.4 Å². The van der Waals surface area contributed by atoms with E-state index in [4.69, 9.17) is 5.10 Å². The molecule has 0 aliphatic heterocycles. The van der Waals surface area contributed by atoms with Crippen molar-refractivity contribution in [1.29, 1.82) is 0 Å². The fourth-order valence-electron chi connectivity index (χ4n) is 3.19. The maximum Gasteiger partial charge on any atom is 0.251 e. The SMILES string of the molecule is O=C(NCc1cn(Cc2ccccc2)nc1-c1ccccc1)c1cccc(F)c1. The predicted octanol–water partition coefficient (Wildman–Crippen LogP) is 4.67. The molecule has 0 fully saturated rings. The maximum atomic E-state index is 13.4. The number of carbonyl (C=O) groups is 1. The zero-order valence-corrected chi connectivity index (χ0v) is 15.8. The first-order valence-electron chi connectivity index (χ1n) is 9.38. The summed E-state index contributed by atoms with van der Waals surface area (Å²) in [5.74, 6) is -0.752. The largest absolute Gasteiger partial charge is 0.348 e. The lowest BCUT2D eigenvalue weighted by Crippen LogP contribution is -2.23. The van der Waals surface area contributed by atoms with E-state index in [1.807, 2.05) is 59.4 Å². The number of hydrogen-bond donors (Lipinski definition) is 1. The molecule has 0 aliphatic rings. The Morgan fingerprint density at radius 3 is 2.38 bits per heavy atom. The summed E-state index contributed by atoms with van der Waals surface area (Å²) in [6, 6.07) is 25.6. The number of rotatable bonds is 6. The molecule has 4 aromatic rings. The molecule has 0 aliphatic carbocycles. The van der Waals surface area contributed by atoms with Crippen LogP contribution >= 0.6 is 0 Å². The van der Waals surface area contributed by atoms with Crippen LogP contribution in [-0.4, -0.2) is 15.7 Å². The summed E-state index contributed by atoms with van der Waals surface area (Å²) in [5, 5.41) is 7.62. The van der Waals surface area contributed by atoms with E-state index in [0.29, 0.717) is 18.7 Å². The van der Waals surface area contributed by atoms with Crippen molar-refractivity contribution in [2.24, 2.45) is 0 Å². The molecular formula is C24H20FN3O. The van der Waals surface area contributed by atoms with Crippen LogP contribution in [0.25, 0.3) is 11.3 Å². The molecule has 3 aromatic carbocycles. The lowest BCUT2D eigenvalue weighted by molar-refractivity contribution is 0.0950. The highest BCUT2D eigenvalue weighted by atomic mass is 19.1. The van der Waals surface area contributed by atoms with Crippen molar-refractivity contribution in [3.63, 3.8) is 0 Å². The molecule has 4 nitrogen and oxygen atoms in total. The van der Waals surface area contributed by atoms with E-state index >= 15 is 0 Å². The Morgan fingerprint density at radius 1 is 0.931 bits per heavy atom. The van der Waals surface area contributed by atoms with Gasteiger partial charge in [-0.25, -0.2) is 4.39 Å². The molecule has 0 radical (unpaired) electrons. The van der Waals surface area contributed by atoms with E-state index in [9.17, 15) is 9.18 Å². The summed E-state index contributed by atoms with van der Waals surface area (Å²) in [7, 11) is 0. The van der Waals surface area contributed by atoms with Gasteiger partial charge in [0.1, 0.15) is 5.82 Å². The summed E-state index contributed by atoms with van der Waals surface area (Å²) in [5.41, 5.74) is 4.14. The van der Waals surface area contributed by atoms with E-state index in [1.54, 1.807) is 6.07 Å². The second-order valence-corrected chi connectivity index (χ2v) is 6.75. The van der Waals surface area contributed by atoms with Gasteiger partial charge in [0.05, 0.1) is 12.2 Å². The third-order valence-corrected chi connectivity index (χ3v) is 4.60. The number of aromatic nitrogens is 2. The van der Waals surface area contributed by atoms with Gasteiger partial charge in [0.2, 0.25) is 0 Å². The fraction of sp³-hybridized carbons (Fsp3) is 0.0833. The van der Waals surface area contributed by atoms with Gasteiger partial charge in [-0.15, -0.1) is 0 Å². The molecule has 1 N–H and O–H groups in total. The van der Waals surface area contributed by atoms with Crippen molar-refractivity contribution >= 4 is 5.91 Å². The number of halogens is 1. The molecule has 5 heteroatoms. The second-order valence-electron chi connectivity index (χ2n) is 6.75. The Bertz CT molecular complexity index is 1110. The van der Waals surface area contributed by atoms with Crippen LogP contribution in [0.3, 0.4) is 0 Å². The molecule has 0 unspecified atom stereocenters. The Labute approximate surface area is 168 Å². The van der Waals surface area contributed by atoms with Crippen LogP contribution in [0.5, 0.6) is 0 Å². The predicted molar refractivity (Wildman–Crippen MR) is 111 cm³/mol. The molecule has 4 rings (SSSR count). The highest BCUT2D eigenvalue weighted by Crippen LogP contribution is 2.22. The van der Waals surface area contributed by atoms with E-state index in [1.165, 1.54) is 18.2 Å². The fourth-order valence-corrected chi connectivity index (χ4v) is 3.19. The molecular weight excluding hydrogens is 365 g/mol. The van der Waals surface area contributed by atoms with Crippen molar-refractivity contribution < 1.29 is 9.18 Å². The minimum absolute atomic E-state index is 0.294. The lowest BCUT2D eigenvalue weighted by Gasteiger charge is -2.06. The van der Waals surface area contributed by atoms with Crippen molar-refractivity contribution in [2.45, 2.75) is 13.1 Å². The molecule has 29 heavy (non-hydrogen) atoms. The van der Waals surface area contributed by atoms with Crippen molar-refractivity contribution in [1.82, 2.24) is 15.1 Å². The molecule has 0 atom stereocenters. The molecule has 1 amide bonds. The summed E-state index contributed by atoms with van der Waals surface area (Å²) in [4.78, 5) is 12.4. The monoisotopic (exact) mass is 385 g/mol. The third kappa shape index (κ3) is 4.58. The first kappa shape index (κ1) is 18.6. The quantitative estimate of drug-likeness (QED) is 0.524. The molecule has 1 heterocycles. The van der Waals surface area contributed by atoms with Crippen LogP contribution in [0.1, 0.15) is 21.5 Å². The molecule has 0 saturated heterocycles. The van der Waals surface area contributed by atoms with Crippen LogP contribution in [0.4, 0.5) is 4.39 Å². The zero-order valence-electron chi connectivity index (χ0n) is 15.8. The summed E-state index contributed by atoms with van der Waals surface area (Å²) in [6.07, 6.45) is 1.95. The minimum Gasteiger partial charge on any atom is -0.348 e. The van der Waals surface area contributed by atoms with E-state index in [-0.39, 0.29) is 5.91 Å². The third-order valence-electron chi connectivity index (χ3n) is 4.60. The van der Waals surface area contributed by atoms with E-state index in [0.717, 1.165) is 22.4 Å². The highest BCUT2D eigenvalue weighted by molar-refractivity contribution is 5.94. The number of nitrogens with one attached hydrogen (secondary N) is 1. The number of nitrogens with zero attached hydrogens (tertiary/aromatic N) is 2. The molecule has 0 saturated carbocycles. The van der Waals surface area contributed by atoms with E-state index < -0.39 is 5.82 Å². The Balaban J connectivity index is 1.58. The second kappa shape index (κ2) is 8.52. The molecule has 0 bridgehead atoms. The first-order chi connectivity index (χ1) is 14.2. The number of carbonyl (C=O) groups excluding carboxylic acids is 1. The van der Waals surface area contributed by atoms with Gasteiger partial charge in [-0.1, -0.05) is 66.7 Å². The Hall–Kier alpha value is -3.73. The lowest BCUT2D eigenvalue weighted by atomic mass is 10.1. The van der Waals surface area contributed by atoms with Gasteiger partial charge in [0, 0.05) is 29.4 Å². The normalized spacial score (nSPS) is 10.7. The standard InChI is InChI=1S/C24H20FN3O/c25-22-13-7-12-20(14-22)24(29)26-15-21-17-28(16-18-8-3-1-4-9-18)27-23(21)19-10-5-2-6-11-19/h1-14,17H,15-16H2,(H,26,29). The van der Waals surface area contributed by atoms with Gasteiger partial charge in [0.25, 0.3) is 5.91 Å². The number of benzene rings is 3. The van der Waals surface area contributed by atoms with Crippen molar-refractivity contribution in [3.05, 3.63) is 114 Å². The molecule has 0 spiro atoms. The van der Waals surface area contributed by atoms with Crippen LogP contribution < -0.4 is 5.32 Å². The maximum absolute atomic E-state index is 13.4. The topological polar surface area (TPSA) is 46.9 Å². The highest BCUT2D eigenvalue weighted by Gasteiger charge is 2.13. The van der Waals surface area contributed by atoms with Crippen molar-refractivity contribution in [3.8, 4) is 11.3 Å². The van der Waals surface area contributed by atoms with Gasteiger partial charge >= 0.3 is 0 Å². The van der Waals surface area contributed by atoms with Crippen LogP contribution in [0, 0.1) is 5.82 Å². The molecule has 1 aromatic heterocycles. The summed E-state index contributed by atoms with van der Waals surface area (Å²) in [6.45, 7) is 0.937. The van der Waals surface area contributed by atoms with Crippen LogP contribution in [0.2, 0.25) is 0 Å².